The molecule has 0 radical (unpaired) electrons. The summed E-state index contributed by atoms with van der Waals surface area (Å²) in [5.74, 6) is 1.45. The van der Waals surface area contributed by atoms with E-state index in [2.05, 4.69) is 25.5 Å². The zero-order valence-electron chi connectivity index (χ0n) is 14.1. The SMILES string of the molecule is O=C(O)[C@H]1CCCN1c1nc(Nc2cc(C3CC3)[nH]n2)n2cccc2n1. The molecule has 0 bridgehead atoms. The van der Waals surface area contributed by atoms with Gasteiger partial charge in [-0.2, -0.15) is 15.1 Å². The Kier molecular flexibility index (Phi) is 3.34. The predicted octanol–water partition coefficient (Wildman–Crippen LogP) is 2.13. The molecule has 5 rings (SSSR count). The van der Waals surface area contributed by atoms with Crippen LogP contribution in [0.2, 0.25) is 0 Å². The van der Waals surface area contributed by atoms with E-state index in [4.69, 9.17) is 0 Å². The van der Waals surface area contributed by atoms with E-state index >= 15 is 0 Å². The number of carboxylic acid groups (broad SMARTS) is 1. The number of carbonyl (C=O) groups is 1. The molecule has 9 nitrogen and oxygen atoms in total. The van der Waals surface area contributed by atoms with Crippen molar-refractivity contribution in [3.8, 4) is 0 Å². The molecule has 3 aromatic rings. The van der Waals surface area contributed by atoms with E-state index in [9.17, 15) is 9.90 Å². The van der Waals surface area contributed by atoms with Crippen LogP contribution in [0.4, 0.5) is 17.7 Å². The second kappa shape index (κ2) is 5.72. The monoisotopic (exact) mass is 353 g/mol. The number of aromatic nitrogens is 5. The van der Waals surface area contributed by atoms with Gasteiger partial charge in [0.15, 0.2) is 5.82 Å². The molecule has 1 aliphatic heterocycles. The minimum Gasteiger partial charge on any atom is -0.480 e. The molecular formula is C17H19N7O2. The normalized spacial score (nSPS) is 20.0. The van der Waals surface area contributed by atoms with Gasteiger partial charge in [-0.05, 0) is 37.8 Å². The number of fused-ring (bicyclic) bond motifs is 1. The van der Waals surface area contributed by atoms with Crippen LogP contribution in [0.25, 0.3) is 5.65 Å². The van der Waals surface area contributed by atoms with Gasteiger partial charge in [0.25, 0.3) is 0 Å². The van der Waals surface area contributed by atoms with Gasteiger partial charge in [-0.25, -0.2) is 4.79 Å². The van der Waals surface area contributed by atoms with E-state index in [0.29, 0.717) is 42.2 Å². The molecule has 1 saturated heterocycles. The van der Waals surface area contributed by atoms with E-state index in [1.54, 1.807) is 4.90 Å². The Bertz CT molecular complexity index is 975. The lowest BCUT2D eigenvalue weighted by atomic mass is 10.2. The van der Waals surface area contributed by atoms with Gasteiger partial charge in [-0.15, -0.1) is 0 Å². The zero-order valence-corrected chi connectivity index (χ0v) is 14.1. The lowest BCUT2D eigenvalue weighted by molar-refractivity contribution is -0.138. The van der Waals surface area contributed by atoms with Crippen LogP contribution in [0.15, 0.2) is 24.4 Å². The van der Waals surface area contributed by atoms with Crippen molar-refractivity contribution in [3.63, 3.8) is 0 Å². The summed E-state index contributed by atoms with van der Waals surface area (Å²) in [6, 6.07) is 5.19. The number of nitrogens with one attached hydrogen (secondary N) is 2. The molecule has 9 heteroatoms. The van der Waals surface area contributed by atoms with Crippen LogP contribution in [0.5, 0.6) is 0 Å². The molecule has 1 aliphatic carbocycles. The van der Waals surface area contributed by atoms with Crippen molar-refractivity contribution in [3.05, 3.63) is 30.1 Å². The molecule has 0 spiro atoms. The summed E-state index contributed by atoms with van der Waals surface area (Å²) < 4.78 is 1.83. The number of rotatable bonds is 5. The molecule has 1 saturated carbocycles. The molecule has 2 aliphatic rings. The van der Waals surface area contributed by atoms with Crippen molar-refractivity contribution in [2.75, 3.05) is 16.8 Å². The van der Waals surface area contributed by atoms with Gasteiger partial charge in [0.05, 0.1) is 0 Å². The highest BCUT2D eigenvalue weighted by atomic mass is 16.4. The quantitative estimate of drug-likeness (QED) is 0.644. The summed E-state index contributed by atoms with van der Waals surface area (Å²) in [5, 5.41) is 20.1. The van der Waals surface area contributed by atoms with E-state index in [1.165, 1.54) is 12.8 Å². The number of nitrogens with zero attached hydrogens (tertiary/aromatic N) is 5. The average molecular weight is 353 g/mol. The van der Waals surface area contributed by atoms with Crippen LogP contribution in [0, 0.1) is 0 Å². The van der Waals surface area contributed by atoms with Crippen molar-refractivity contribution in [2.45, 2.75) is 37.6 Å². The third-order valence-corrected chi connectivity index (χ3v) is 5.03. The molecule has 3 N–H and O–H groups in total. The van der Waals surface area contributed by atoms with Crippen LogP contribution in [0.3, 0.4) is 0 Å². The van der Waals surface area contributed by atoms with Crippen LogP contribution in [-0.4, -0.2) is 48.2 Å². The van der Waals surface area contributed by atoms with Crippen LogP contribution < -0.4 is 10.2 Å². The fourth-order valence-corrected chi connectivity index (χ4v) is 3.52. The zero-order chi connectivity index (χ0) is 17.7. The molecule has 0 aromatic carbocycles. The number of hydrogen-bond donors (Lipinski definition) is 3. The topological polar surface area (TPSA) is 111 Å². The molecule has 1 atom stereocenters. The largest absolute Gasteiger partial charge is 0.480 e. The standard InChI is InChI=1S/C17H19N7O2/c25-15(26)12-3-1-7-23(12)17-19-14-4-2-8-24(14)16(20-17)18-13-9-11(21-22-13)10-5-6-10/h2,4,8-10,12H,1,3,5-7H2,(H,25,26)(H2,18,19,20,21,22)/t12-/m1/s1. The maximum Gasteiger partial charge on any atom is 0.326 e. The first-order valence-corrected chi connectivity index (χ1v) is 8.86. The summed E-state index contributed by atoms with van der Waals surface area (Å²) in [6.45, 7) is 0.640. The van der Waals surface area contributed by atoms with Crippen molar-refractivity contribution < 1.29 is 9.90 Å². The fourth-order valence-electron chi connectivity index (χ4n) is 3.52. The third kappa shape index (κ3) is 2.56. The fraction of sp³-hybridized carbons (Fsp3) is 0.412. The maximum absolute atomic E-state index is 11.5. The predicted molar refractivity (Wildman–Crippen MR) is 94.8 cm³/mol. The van der Waals surface area contributed by atoms with Gasteiger partial charge in [0.2, 0.25) is 11.9 Å². The average Bonchev–Trinajstić information content (AvgIpc) is 3.06. The van der Waals surface area contributed by atoms with Crippen molar-refractivity contribution in [1.82, 2.24) is 24.6 Å². The van der Waals surface area contributed by atoms with Crippen LogP contribution in [-0.2, 0) is 4.79 Å². The van der Waals surface area contributed by atoms with Crippen molar-refractivity contribution in [2.24, 2.45) is 0 Å². The highest BCUT2D eigenvalue weighted by molar-refractivity contribution is 5.78. The first kappa shape index (κ1) is 15.2. The molecule has 4 heterocycles. The second-order valence-corrected chi connectivity index (χ2v) is 6.88. The minimum atomic E-state index is -0.836. The Balaban J connectivity index is 1.51. The Morgan fingerprint density at radius 2 is 2.19 bits per heavy atom. The Morgan fingerprint density at radius 1 is 1.31 bits per heavy atom. The van der Waals surface area contributed by atoms with E-state index in [-0.39, 0.29) is 0 Å². The number of aliphatic carboxylic acids is 1. The van der Waals surface area contributed by atoms with Crippen molar-refractivity contribution >= 4 is 29.3 Å². The first-order chi connectivity index (χ1) is 12.7. The number of H-pyrrole nitrogens is 1. The van der Waals surface area contributed by atoms with E-state index in [1.807, 2.05) is 28.8 Å². The number of anilines is 3. The number of carboxylic acids is 1. The van der Waals surface area contributed by atoms with Crippen LogP contribution >= 0.6 is 0 Å². The molecular weight excluding hydrogens is 334 g/mol. The Labute approximate surface area is 149 Å². The van der Waals surface area contributed by atoms with Crippen LogP contribution in [0.1, 0.15) is 37.3 Å². The third-order valence-electron chi connectivity index (χ3n) is 5.03. The Hall–Kier alpha value is -3.10. The van der Waals surface area contributed by atoms with Gasteiger partial charge in [-0.1, -0.05) is 0 Å². The summed E-state index contributed by atoms with van der Waals surface area (Å²) in [4.78, 5) is 22.4. The lowest BCUT2D eigenvalue weighted by Gasteiger charge is -2.22. The summed E-state index contributed by atoms with van der Waals surface area (Å²) in [6.07, 6.45) is 5.70. The second-order valence-electron chi connectivity index (χ2n) is 6.88. The van der Waals surface area contributed by atoms with Gasteiger partial charge in [0, 0.05) is 30.4 Å². The molecule has 0 amide bonds. The van der Waals surface area contributed by atoms with Gasteiger partial charge < -0.3 is 15.3 Å². The maximum atomic E-state index is 11.5. The molecule has 26 heavy (non-hydrogen) atoms. The van der Waals surface area contributed by atoms with Crippen molar-refractivity contribution in [1.29, 1.82) is 0 Å². The molecule has 0 unspecified atom stereocenters. The first-order valence-electron chi connectivity index (χ1n) is 8.86. The number of hydrogen-bond acceptors (Lipinski definition) is 6. The summed E-state index contributed by atoms with van der Waals surface area (Å²) >= 11 is 0. The van der Waals surface area contributed by atoms with Gasteiger partial charge in [-0.3, -0.25) is 9.50 Å². The summed E-state index contributed by atoms with van der Waals surface area (Å²) in [7, 11) is 0. The smallest absolute Gasteiger partial charge is 0.326 e. The highest BCUT2D eigenvalue weighted by Crippen LogP contribution is 2.39. The number of aromatic amines is 1. The van der Waals surface area contributed by atoms with Gasteiger partial charge >= 0.3 is 5.97 Å². The molecule has 3 aromatic heterocycles. The molecule has 134 valence electrons. The van der Waals surface area contributed by atoms with Gasteiger partial charge in [0.1, 0.15) is 11.7 Å². The molecule has 2 fully saturated rings. The summed E-state index contributed by atoms with van der Waals surface area (Å²) in [5.41, 5.74) is 1.85. The van der Waals surface area contributed by atoms with E-state index in [0.717, 1.165) is 12.1 Å². The minimum absolute atomic E-state index is 0.432. The van der Waals surface area contributed by atoms with E-state index < -0.39 is 12.0 Å². The lowest BCUT2D eigenvalue weighted by Crippen LogP contribution is -2.37. The highest BCUT2D eigenvalue weighted by Gasteiger charge is 2.33. The Morgan fingerprint density at radius 3 is 3.00 bits per heavy atom.